The van der Waals surface area contributed by atoms with Crippen LogP contribution in [0.25, 0.3) is 0 Å². The summed E-state index contributed by atoms with van der Waals surface area (Å²) in [7, 11) is 3.59. The molecule has 2 aliphatic carbocycles. The molecule has 4 atom stereocenters. The van der Waals surface area contributed by atoms with E-state index >= 15 is 0 Å². The highest BCUT2D eigenvalue weighted by molar-refractivity contribution is 6.38. The zero-order valence-electron chi connectivity index (χ0n) is 38.4. The lowest BCUT2D eigenvalue weighted by Crippen LogP contribution is -2.57. The van der Waals surface area contributed by atoms with Crippen LogP contribution in [0.2, 0.25) is 0 Å². The average Bonchev–Trinajstić information content (AvgIpc) is 3.92. The van der Waals surface area contributed by atoms with Crippen LogP contribution >= 0.6 is 0 Å². The Balaban J connectivity index is 0.00000250. The van der Waals surface area contributed by atoms with Gasteiger partial charge in [-0.2, -0.15) is 13.2 Å². The number of ether oxygens (including phenoxy) is 1. The third-order valence-electron chi connectivity index (χ3n) is 10.5. The zero-order valence-corrected chi connectivity index (χ0v) is 38.4. The topological polar surface area (TPSA) is 149 Å². The van der Waals surface area contributed by atoms with E-state index in [1.807, 2.05) is 58.0 Å². The predicted molar refractivity (Wildman–Crippen MR) is 235 cm³/mol. The molecule has 3 fully saturated rings. The number of carbonyl (C=O) groups excluding carboxylic acids is 5. The second-order valence-corrected chi connectivity index (χ2v) is 16.0. The van der Waals surface area contributed by atoms with E-state index in [2.05, 4.69) is 48.3 Å². The van der Waals surface area contributed by atoms with Gasteiger partial charge >= 0.3 is 6.18 Å². The number of benzene rings is 1. The summed E-state index contributed by atoms with van der Waals surface area (Å²) in [6.07, 6.45) is 3.21. The largest absolute Gasteiger partial charge is 0.464 e. The molecule has 1 saturated heterocycles. The zero-order chi connectivity index (χ0) is 46.5. The summed E-state index contributed by atoms with van der Waals surface area (Å²) in [6.45, 7) is 21.4. The van der Waals surface area contributed by atoms with Crippen molar-refractivity contribution in [2.45, 2.75) is 162 Å². The summed E-state index contributed by atoms with van der Waals surface area (Å²) < 4.78 is 45.9. The molecule has 0 radical (unpaired) electrons. The van der Waals surface area contributed by atoms with E-state index in [0.29, 0.717) is 31.4 Å². The van der Waals surface area contributed by atoms with Crippen molar-refractivity contribution in [3.05, 3.63) is 60.6 Å². The maximum Gasteiger partial charge on any atom is 0.427 e. The molecule has 61 heavy (non-hydrogen) atoms. The second-order valence-electron chi connectivity index (χ2n) is 16.0. The van der Waals surface area contributed by atoms with Crippen LogP contribution in [0.15, 0.2) is 55.1 Å². The standard InChI is InChI=1S/C39H55F3N6O6.C3H8.2C2H6/c1-24(47(5)6)32(27-14-9-7-10-15-27)46-31(49)23-43-36(52)34(50)29(22-26-19-20-26)45-35(51)30-18-13-21-48(30)37(53)33(28-16-11-8-12-17-28)44-25(2)54-38(3,4)39(40,41)42;1-3-2;2*1-2/h7,9-10,14-15,26,28-30,32-33,44H,1-2,8,11-13,16-23H2,3-6H3,(H,43,52)(H,45,51)(H,46,49);3H2,1-2H3;2*1-2H3. The molecular formula is C46H75F3N6O6. The van der Waals surface area contributed by atoms with Gasteiger partial charge in [-0.15, -0.1) is 0 Å². The lowest BCUT2D eigenvalue weighted by atomic mass is 9.83. The summed E-state index contributed by atoms with van der Waals surface area (Å²) >= 11 is 0. The molecule has 1 aromatic carbocycles. The lowest BCUT2D eigenvalue weighted by Gasteiger charge is -2.37. The number of alkyl halides is 3. The Morgan fingerprint density at radius 3 is 1.95 bits per heavy atom. The number of hydrogen-bond acceptors (Lipinski definition) is 8. The molecule has 4 N–H and O–H groups in total. The summed E-state index contributed by atoms with van der Waals surface area (Å²) in [5, 5.41) is 10.8. The van der Waals surface area contributed by atoms with Crippen LogP contribution in [0.4, 0.5) is 13.2 Å². The SMILES string of the molecule is C=C(NC(C(=O)N1CCCC1C(=O)NC(CC1CC1)C(=O)C(=O)NCC(=O)NC(C(=C)N(C)C)c1ccccc1)C1CCCCC1)OC(C)(C)C(F)(F)F.CC.CC.CCC. The Hall–Kier alpha value is -4.56. The molecule has 2 saturated carbocycles. The van der Waals surface area contributed by atoms with Crippen molar-refractivity contribution in [1.82, 2.24) is 31.1 Å². The highest BCUT2D eigenvalue weighted by Crippen LogP contribution is 2.36. The van der Waals surface area contributed by atoms with Crippen molar-refractivity contribution in [1.29, 1.82) is 0 Å². The first kappa shape index (κ1) is 54.5. The highest BCUT2D eigenvalue weighted by Gasteiger charge is 2.50. The number of halogens is 3. The molecule has 4 unspecified atom stereocenters. The van der Waals surface area contributed by atoms with Crippen LogP contribution in [0.5, 0.6) is 0 Å². The third kappa shape index (κ3) is 17.4. The number of likely N-dealkylation sites (tertiary alicyclic amines) is 1. The molecule has 1 heterocycles. The van der Waals surface area contributed by atoms with E-state index in [4.69, 9.17) is 4.74 Å². The number of Topliss-reactive ketones (excluding diaryl/α,β-unsaturated/α-hetero) is 1. The fourth-order valence-corrected chi connectivity index (χ4v) is 6.97. The van der Waals surface area contributed by atoms with Crippen LogP contribution in [0.3, 0.4) is 0 Å². The Kier molecular flexibility index (Phi) is 23.8. The number of carbonyl (C=O) groups is 5. The van der Waals surface area contributed by atoms with Crippen molar-refractivity contribution in [3.63, 3.8) is 0 Å². The molecule has 15 heteroatoms. The predicted octanol–water partition coefficient (Wildman–Crippen LogP) is 7.72. The molecule has 0 bridgehead atoms. The molecule has 4 rings (SSSR count). The van der Waals surface area contributed by atoms with Gasteiger partial charge < -0.3 is 35.8 Å². The van der Waals surface area contributed by atoms with Crippen molar-refractivity contribution >= 4 is 29.4 Å². The minimum Gasteiger partial charge on any atom is -0.464 e. The molecule has 0 aromatic heterocycles. The van der Waals surface area contributed by atoms with E-state index in [1.54, 1.807) is 19.0 Å². The van der Waals surface area contributed by atoms with Gasteiger partial charge in [0.05, 0.1) is 18.6 Å². The number of nitrogens with zero attached hydrogens (tertiary/aromatic N) is 2. The number of amides is 4. The van der Waals surface area contributed by atoms with Gasteiger partial charge in [-0.3, -0.25) is 24.0 Å². The maximum absolute atomic E-state index is 14.2. The monoisotopic (exact) mass is 865 g/mol. The van der Waals surface area contributed by atoms with Crippen LogP contribution in [0, 0.1) is 11.8 Å². The van der Waals surface area contributed by atoms with Gasteiger partial charge in [-0.05, 0) is 69.9 Å². The van der Waals surface area contributed by atoms with Crippen LogP contribution < -0.4 is 21.3 Å². The average molecular weight is 865 g/mol. The summed E-state index contributed by atoms with van der Waals surface area (Å²) in [6, 6.07) is 5.47. The number of nitrogens with one attached hydrogen (secondary N) is 4. The normalized spacial score (nSPS) is 17.7. The number of ketones is 1. The molecule has 1 aliphatic heterocycles. The van der Waals surface area contributed by atoms with Gasteiger partial charge in [-0.25, -0.2) is 0 Å². The number of hydrogen-bond donors (Lipinski definition) is 4. The van der Waals surface area contributed by atoms with Gasteiger partial charge in [0.15, 0.2) is 11.5 Å². The van der Waals surface area contributed by atoms with E-state index in [9.17, 15) is 37.1 Å². The summed E-state index contributed by atoms with van der Waals surface area (Å²) in [5.74, 6) is -4.03. The van der Waals surface area contributed by atoms with Gasteiger partial charge in [0.25, 0.3) is 5.91 Å². The first-order valence-corrected chi connectivity index (χ1v) is 22.2. The summed E-state index contributed by atoms with van der Waals surface area (Å²) in [5.41, 5.74) is -1.17. The molecular weight excluding hydrogens is 790 g/mol. The molecule has 12 nitrogen and oxygen atoms in total. The van der Waals surface area contributed by atoms with E-state index < -0.39 is 77.8 Å². The highest BCUT2D eigenvalue weighted by atomic mass is 19.4. The Labute approximate surface area is 363 Å². The Bertz CT molecular complexity index is 1560. The van der Waals surface area contributed by atoms with Crippen molar-refractivity contribution in [3.8, 4) is 0 Å². The Morgan fingerprint density at radius 2 is 1.43 bits per heavy atom. The smallest absolute Gasteiger partial charge is 0.427 e. The fraction of sp³-hybridized carbons (Fsp3) is 0.674. The first-order chi connectivity index (χ1) is 28.8. The number of rotatable bonds is 18. The van der Waals surface area contributed by atoms with Gasteiger partial charge in [0.1, 0.15) is 12.1 Å². The van der Waals surface area contributed by atoms with Crippen molar-refractivity contribution in [2.75, 3.05) is 27.2 Å². The minimum atomic E-state index is -4.69. The van der Waals surface area contributed by atoms with Gasteiger partial charge in [-0.1, -0.05) is 117 Å². The van der Waals surface area contributed by atoms with Crippen molar-refractivity contribution < 1.29 is 41.9 Å². The van der Waals surface area contributed by atoms with E-state index in [1.165, 1.54) is 11.3 Å². The number of likely N-dealkylation sites (N-methyl/N-ethyl adjacent to an activating group) is 1. The van der Waals surface area contributed by atoms with E-state index in [0.717, 1.165) is 51.5 Å². The van der Waals surface area contributed by atoms with Crippen LogP contribution in [-0.4, -0.2) is 96.3 Å². The van der Waals surface area contributed by atoms with Crippen LogP contribution in [-0.2, 0) is 28.7 Å². The molecule has 3 aliphatic rings. The molecule has 4 amide bonds. The first-order valence-electron chi connectivity index (χ1n) is 22.2. The maximum atomic E-state index is 14.2. The fourth-order valence-electron chi connectivity index (χ4n) is 6.97. The van der Waals surface area contributed by atoms with Crippen molar-refractivity contribution in [2.24, 2.45) is 11.8 Å². The minimum absolute atomic E-state index is 0.132. The third-order valence-corrected chi connectivity index (χ3v) is 10.5. The van der Waals surface area contributed by atoms with Gasteiger partial charge in [0, 0.05) is 26.3 Å². The molecule has 1 aromatic rings. The van der Waals surface area contributed by atoms with Crippen LogP contribution in [0.1, 0.15) is 138 Å². The second kappa shape index (κ2) is 26.7. The Morgan fingerprint density at radius 1 is 0.852 bits per heavy atom. The van der Waals surface area contributed by atoms with Gasteiger partial charge in [0.2, 0.25) is 23.5 Å². The molecule has 346 valence electrons. The summed E-state index contributed by atoms with van der Waals surface area (Å²) in [4.78, 5) is 70.7. The lowest BCUT2D eigenvalue weighted by molar-refractivity contribution is -0.253. The van der Waals surface area contributed by atoms with E-state index in [-0.39, 0.29) is 24.8 Å². The quantitative estimate of drug-likeness (QED) is 0.0867. The molecule has 0 spiro atoms.